The van der Waals surface area contributed by atoms with Gasteiger partial charge in [-0.1, -0.05) is 23.8 Å². The molecule has 88 valence electrons. The molecule has 2 aromatic rings. The molecule has 0 aliphatic heterocycles. The Kier molecular flexibility index (Phi) is 3.17. The molecule has 0 aliphatic rings. The van der Waals surface area contributed by atoms with E-state index < -0.39 is 0 Å². The van der Waals surface area contributed by atoms with Crippen LogP contribution in [-0.4, -0.2) is 14.8 Å². The highest BCUT2D eigenvalue weighted by Crippen LogP contribution is 2.21. The molecule has 0 aliphatic carbocycles. The molecule has 3 nitrogen and oxygen atoms in total. The third-order valence-corrected chi connectivity index (χ3v) is 2.92. The topological polar surface area (TPSA) is 43.8 Å². The van der Waals surface area contributed by atoms with Gasteiger partial charge in [-0.2, -0.15) is 5.10 Å². The van der Waals surface area contributed by atoms with Crippen molar-refractivity contribution in [2.75, 3.05) is 0 Å². The van der Waals surface area contributed by atoms with E-state index in [1.807, 2.05) is 30.7 Å². The minimum Gasteiger partial charge on any atom is -0.389 e. The van der Waals surface area contributed by atoms with E-state index >= 15 is 0 Å². The van der Waals surface area contributed by atoms with Gasteiger partial charge in [0.25, 0.3) is 0 Å². The molecule has 1 aromatic heterocycles. The number of benzene rings is 1. The molecule has 0 amide bonds. The van der Waals surface area contributed by atoms with Gasteiger partial charge in [-0.25, -0.2) is 4.68 Å². The smallest absolute Gasteiger partial charge is 0.106 e. The maximum Gasteiger partial charge on any atom is 0.106 e. The predicted molar refractivity (Wildman–Crippen MR) is 73.9 cm³/mol. The van der Waals surface area contributed by atoms with Gasteiger partial charge >= 0.3 is 0 Å². The SMILES string of the molecule is Cc1cc(C)n(-c2ccc(Cl)cc2C(N)=S)n1. The van der Waals surface area contributed by atoms with Crippen molar-refractivity contribution >= 4 is 28.8 Å². The van der Waals surface area contributed by atoms with Crippen LogP contribution in [0.2, 0.25) is 5.02 Å². The van der Waals surface area contributed by atoms with Crippen LogP contribution in [-0.2, 0) is 0 Å². The van der Waals surface area contributed by atoms with Crippen LogP contribution in [0.25, 0.3) is 5.69 Å². The van der Waals surface area contributed by atoms with Crippen molar-refractivity contribution in [2.24, 2.45) is 5.73 Å². The van der Waals surface area contributed by atoms with Gasteiger partial charge in [0.05, 0.1) is 11.4 Å². The van der Waals surface area contributed by atoms with Crippen molar-refractivity contribution in [2.45, 2.75) is 13.8 Å². The second-order valence-electron chi connectivity index (χ2n) is 3.86. The number of hydrogen-bond donors (Lipinski definition) is 1. The van der Waals surface area contributed by atoms with Crippen LogP contribution < -0.4 is 5.73 Å². The number of nitrogens with zero attached hydrogens (tertiary/aromatic N) is 2. The fourth-order valence-corrected chi connectivity index (χ4v) is 2.10. The third kappa shape index (κ3) is 2.33. The lowest BCUT2D eigenvalue weighted by Gasteiger charge is -2.10. The van der Waals surface area contributed by atoms with Crippen LogP contribution in [0.1, 0.15) is 17.0 Å². The highest BCUT2D eigenvalue weighted by atomic mass is 35.5. The molecule has 17 heavy (non-hydrogen) atoms. The van der Waals surface area contributed by atoms with Crippen LogP contribution in [0.15, 0.2) is 24.3 Å². The summed E-state index contributed by atoms with van der Waals surface area (Å²) in [5.41, 5.74) is 9.28. The first-order chi connectivity index (χ1) is 7.99. The van der Waals surface area contributed by atoms with E-state index in [0.717, 1.165) is 22.6 Å². The normalized spacial score (nSPS) is 10.5. The minimum atomic E-state index is 0.315. The largest absolute Gasteiger partial charge is 0.389 e. The molecule has 0 bridgehead atoms. The fourth-order valence-electron chi connectivity index (χ4n) is 1.76. The number of nitrogens with two attached hydrogens (primary N) is 1. The van der Waals surface area contributed by atoms with Crippen LogP contribution in [0, 0.1) is 13.8 Å². The van der Waals surface area contributed by atoms with Gasteiger partial charge in [0.15, 0.2) is 0 Å². The molecule has 2 N–H and O–H groups in total. The molecule has 2 rings (SSSR count). The van der Waals surface area contributed by atoms with E-state index in [4.69, 9.17) is 29.6 Å². The van der Waals surface area contributed by atoms with E-state index in [1.54, 1.807) is 12.1 Å². The zero-order valence-corrected chi connectivity index (χ0v) is 11.1. The van der Waals surface area contributed by atoms with Gasteiger partial charge in [-0.15, -0.1) is 0 Å². The standard InChI is InChI=1S/C12H12ClN3S/c1-7-5-8(2)16(15-7)11-4-3-9(13)6-10(11)12(14)17/h3-6H,1-2H3,(H2,14,17). The Morgan fingerprint density at radius 1 is 1.35 bits per heavy atom. The summed E-state index contributed by atoms with van der Waals surface area (Å²) in [5.74, 6) is 0. The summed E-state index contributed by atoms with van der Waals surface area (Å²) in [5, 5.41) is 5.02. The molecule has 0 saturated carbocycles. The van der Waals surface area contributed by atoms with E-state index in [9.17, 15) is 0 Å². The van der Waals surface area contributed by atoms with E-state index in [2.05, 4.69) is 5.10 Å². The number of aryl methyl sites for hydroxylation is 2. The molecule has 1 aromatic carbocycles. The Bertz CT molecular complexity index is 589. The summed E-state index contributed by atoms with van der Waals surface area (Å²) in [6, 6.07) is 7.43. The molecule has 0 unspecified atom stereocenters. The molecule has 0 spiro atoms. The first-order valence-electron chi connectivity index (χ1n) is 5.12. The molecule has 5 heteroatoms. The Morgan fingerprint density at radius 2 is 2.06 bits per heavy atom. The lowest BCUT2D eigenvalue weighted by atomic mass is 10.1. The first-order valence-corrected chi connectivity index (χ1v) is 5.90. The second kappa shape index (κ2) is 4.47. The quantitative estimate of drug-likeness (QED) is 0.850. The molecule has 0 saturated heterocycles. The lowest BCUT2D eigenvalue weighted by molar-refractivity contribution is 0.832. The minimum absolute atomic E-state index is 0.315. The molecule has 0 atom stereocenters. The van der Waals surface area contributed by atoms with Crippen LogP contribution in [0.4, 0.5) is 0 Å². The van der Waals surface area contributed by atoms with Gasteiger partial charge in [0.2, 0.25) is 0 Å². The summed E-state index contributed by atoms with van der Waals surface area (Å²) in [6.07, 6.45) is 0. The molecule has 0 radical (unpaired) electrons. The van der Waals surface area contributed by atoms with Gasteiger partial charge < -0.3 is 5.73 Å². The Hall–Kier alpha value is -1.39. The summed E-state index contributed by atoms with van der Waals surface area (Å²) in [4.78, 5) is 0.315. The predicted octanol–water partition coefficient (Wildman–Crippen LogP) is 2.78. The van der Waals surface area contributed by atoms with Gasteiger partial charge in [0, 0.05) is 16.3 Å². The Balaban J connectivity index is 2.67. The number of aromatic nitrogens is 2. The van der Waals surface area contributed by atoms with Crippen LogP contribution in [0.3, 0.4) is 0 Å². The highest BCUT2D eigenvalue weighted by Gasteiger charge is 2.11. The zero-order chi connectivity index (χ0) is 12.6. The first kappa shape index (κ1) is 12.1. The highest BCUT2D eigenvalue weighted by molar-refractivity contribution is 7.80. The average molecular weight is 266 g/mol. The van der Waals surface area contributed by atoms with Crippen molar-refractivity contribution in [1.82, 2.24) is 9.78 Å². The van der Waals surface area contributed by atoms with E-state index in [0.29, 0.717) is 10.0 Å². The van der Waals surface area contributed by atoms with Gasteiger partial charge in [-0.3, -0.25) is 0 Å². The van der Waals surface area contributed by atoms with E-state index in [-0.39, 0.29) is 0 Å². The molecular weight excluding hydrogens is 254 g/mol. The average Bonchev–Trinajstić information content (AvgIpc) is 2.57. The number of hydrogen-bond acceptors (Lipinski definition) is 2. The van der Waals surface area contributed by atoms with Crippen LogP contribution >= 0.6 is 23.8 Å². The van der Waals surface area contributed by atoms with Crippen molar-refractivity contribution in [3.63, 3.8) is 0 Å². The maximum absolute atomic E-state index is 5.95. The van der Waals surface area contributed by atoms with Crippen molar-refractivity contribution < 1.29 is 0 Å². The maximum atomic E-state index is 5.95. The molecular formula is C12H12ClN3S. The Labute approximate surface area is 110 Å². The second-order valence-corrected chi connectivity index (χ2v) is 4.74. The lowest BCUT2D eigenvalue weighted by Crippen LogP contribution is -2.14. The summed E-state index contributed by atoms with van der Waals surface area (Å²) < 4.78 is 1.82. The Morgan fingerprint density at radius 3 is 2.59 bits per heavy atom. The molecule has 1 heterocycles. The number of halogens is 1. The van der Waals surface area contributed by atoms with Crippen molar-refractivity contribution in [3.05, 3.63) is 46.2 Å². The van der Waals surface area contributed by atoms with E-state index in [1.165, 1.54) is 0 Å². The number of thiocarbonyl (C=S) groups is 1. The third-order valence-electron chi connectivity index (χ3n) is 2.46. The number of rotatable bonds is 2. The zero-order valence-electron chi connectivity index (χ0n) is 9.57. The summed E-state index contributed by atoms with van der Waals surface area (Å²) in [7, 11) is 0. The molecule has 0 fully saturated rings. The van der Waals surface area contributed by atoms with Crippen LogP contribution in [0.5, 0.6) is 0 Å². The fraction of sp³-hybridized carbons (Fsp3) is 0.167. The summed E-state index contributed by atoms with van der Waals surface area (Å²) >= 11 is 11.0. The monoisotopic (exact) mass is 265 g/mol. The van der Waals surface area contributed by atoms with Crippen molar-refractivity contribution in [3.8, 4) is 5.69 Å². The van der Waals surface area contributed by atoms with Gasteiger partial charge in [0.1, 0.15) is 4.99 Å². The van der Waals surface area contributed by atoms with Gasteiger partial charge in [-0.05, 0) is 38.1 Å². The summed E-state index contributed by atoms with van der Waals surface area (Å²) in [6.45, 7) is 3.93. The van der Waals surface area contributed by atoms with Crippen molar-refractivity contribution in [1.29, 1.82) is 0 Å².